The van der Waals surface area contributed by atoms with Gasteiger partial charge in [0.05, 0.1) is 17.1 Å². The Bertz CT molecular complexity index is 1370. The van der Waals surface area contributed by atoms with Crippen molar-refractivity contribution < 1.29 is 9.18 Å². The summed E-state index contributed by atoms with van der Waals surface area (Å²) in [6.07, 6.45) is 1.62. The zero-order chi connectivity index (χ0) is 24.5. The minimum absolute atomic E-state index is 0.0317. The van der Waals surface area contributed by atoms with Crippen LogP contribution < -0.4 is 21.7 Å². The van der Waals surface area contributed by atoms with Crippen molar-refractivity contribution in [2.75, 3.05) is 22.9 Å². The number of nitrogens with zero attached hydrogens (tertiary/aromatic N) is 4. The van der Waals surface area contributed by atoms with Gasteiger partial charge in [0.1, 0.15) is 11.6 Å². The molecule has 3 heterocycles. The van der Waals surface area contributed by atoms with Crippen LogP contribution in [0.5, 0.6) is 0 Å². The molecular formula is C25H27FN8O. The van der Waals surface area contributed by atoms with Crippen molar-refractivity contribution in [3.05, 3.63) is 59.9 Å². The molecule has 0 spiro atoms. The number of nitrogens with two attached hydrogens (primary N) is 2. The lowest BCUT2D eigenvalue weighted by atomic mass is 9.92. The molecule has 9 nitrogen and oxygen atoms in total. The van der Waals surface area contributed by atoms with Gasteiger partial charge in [0.2, 0.25) is 11.9 Å². The molecule has 10 heteroatoms. The molecule has 4 aromatic rings. The van der Waals surface area contributed by atoms with Crippen LogP contribution >= 0.6 is 0 Å². The molecular weight excluding hydrogens is 447 g/mol. The second kappa shape index (κ2) is 9.21. The number of carbonyl (C=O) groups excluding carboxylic acids is 1. The van der Waals surface area contributed by atoms with Crippen LogP contribution in [-0.4, -0.2) is 38.7 Å². The Morgan fingerprint density at radius 1 is 1.14 bits per heavy atom. The first kappa shape index (κ1) is 22.6. The van der Waals surface area contributed by atoms with E-state index < -0.39 is 0 Å². The fraction of sp³-hybridized carbons (Fsp3) is 0.280. The van der Waals surface area contributed by atoms with Crippen LogP contribution in [0.15, 0.2) is 48.5 Å². The first-order chi connectivity index (χ1) is 16.9. The summed E-state index contributed by atoms with van der Waals surface area (Å²) in [5.74, 6) is 0.762. The van der Waals surface area contributed by atoms with Crippen molar-refractivity contribution in [1.29, 1.82) is 0 Å². The lowest BCUT2D eigenvalue weighted by molar-refractivity contribution is -0.125. The Kier molecular flexibility index (Phi) is 5.94. The standard InChI is InChI=1S/C25H27FN8O/c1-14-2-5-17(24(35)29-12-15-3-7-18(26)8-4-15)13-34(14)22-11-20(30-25(28)31-22)16-6-9-19-21(10-16)32-33-23(19)27/h3-4,6-11,14,17H,2,5,12-13H2,1H3,(H,29,35)(H3,27,32,33)(H2,28,30,31). The SMILES string of the molecule is CC1CCC(C(=O)NCc2ccc(F)cc2)CN1c1cc(-c2ccc3c(N)n[nH]c3c2)nc(N)n1. The van der Waals surface area contributed by atoms with Crippen LogP contribution in [0, 0.1) is 11.7 Å². The third-order valence-corrected chi connectivity index (χ3v) is 6.55. The number of halogens is 1. The van der Waals surface area contributed by atoms with Gasteiger partial charge in [-0.05, 0) is 49.6 Å². The molecule has 1 saturated heterocycles. The predicted molar refractivity (Wildman–Crippen MR) is 134 cm³/mol. The molecule has 35 heavy (non-hydrogen) atoms. The zero-order valence-electron chi connectivity index (χ0n) is 19.3. The van der Waals surface area contributed by atoms with E-state index in [-0.39, 0.29) is 29.6 Å². The Labute approximate surface area is 201 Å². The number of aromatic nitrogens is 4. The molecule has 180 valence electrons. The Hall–Kier alpha value is -4.21. The summed E-state index contributed by atoms with van der Waals surface area (Å²) in [5.41, 5.74) is 15.2. The molecule has 0 saturated carbocycles. The van der Waals surface area contributed by atoms with Crippen molar-refractivity contribution in [3.8, 4) is 11.3 Å². The van der Waals surface area contributed by atoms with Crippen molar-refractivity contribution >= 4 is 34.4 Å². The maximum atomic E-state index is 13.1. The molecule has 0 bridgehead atoms. The van der Waals surface area contributed by atoms with E-state index in [4.69, 9.17) is 11.5 Å². The molecule has 1 aliphatic heterocycles. The number of rotatable bonds is 5. The second-order valence-electron chi connectivity index (χ2n) is 8.96. The number of amides is 1. The lowest BCUT2D eigenvalue weighted by Crippen LogP contribution is -2.47. The Morgan fingerprint density at radius 3 is 2.74 bits per heavy atom. The minimum Gasteiger partial charge on any atom is -0.382 e. The highest BCUT2D eigenvalue weighted by Crippen LogP contribution is 2.31. The molecule has 1 fully saturated rings. The summed E-state index contributed by atoms with van der Waals surface area (Å²) in [5, 5.41) is 10.8. The maximum absolute atomic E-state index is 13.1. The summed E-state index contributed by atoms with van der Waals surface area (Å²) in [4.78, 5) is 23.9. The highest BCUT2D eigenvalue weighted by atomic mass is 19.1. The van der Waals surface area contributed by atoms with Crippen LogP contribution in [0.3, 0.4) is 0 Å². The summed E-state index contributed by atoms with van der Waals surface area (Å²) >= 11 is 0. The van der Waals surface area contributed by atoms with E-state index in [1.165, 1.54) is 12.1 Å². The van der Waals surface area contributed by atoms with E-state index in [2.05, 4.69) is 37.3 Å². The molecule has 1 amide bonds. The summed E-state index contributed by atoms with van der Waals surface area (Å²) in [6, 6.07) is 14.0. The van der Waals surface area contributed by atoms with Crippen LogP contribution in [0.1, 0.15) is 25.3 Å². The Balaban J connectivity index is 1.34. The fourth-order valence-electron chi connectivity index (χ4n) is 4.52. The van der Waals surface area contributed by atoms with Crippen molar-refractivity contribution in [1.82, 2.24) is 25.5 Å². The van der Waals surface area contributed by atoms with Crippen molar-refractivity contribution in [3.63, 3.8) is 0 Å². The molecule has 5 rings (SSSR count). The highest BCUT2D eigenvalue weighted by molar-refractivity contribution is 5.91. The van der Waals surface area contributed by atoms with E-state index in [0.717, 1.165) is 34.9 Å². The molecule has 2 atom stereocenters. The van der Waals surface area contributed by atoms with E-state index in [1.807, 2.05) is 24.3 Å². The van der Waals surface area contributed by atoms with Crippen LogP contribution in [0.4, 0.5) is 22.0 Å². The number of aromatic amines is 1. The van der Waals surface area contributed by atoms with E-state index in [9.17, 15) is 9.18 Å². The number of hydrogen-bond donors (Lipinski definition) is 4. The lowest BCUT2D eigenvalue weighted by Gasteiger charge is -2.38. The summed E-state index contributed by atoms with van der Waals surface area (Å²) < 4.78 is 13.1. The Morgan fingerprint density at radius 2 is 1.94 bits per heavy atom. The smallest absolute Gasteiger partial charge is 0.225 e. The van der Waals surface area contributed by atoms with E-state index in [1.54, 1.807) is 12.1 Å². The third-order valence-electron chi connectivity index (χ3n) is 6.55. The number of anilines is 3. The van der Waals surface area contributed by atoms with E-state index >= 15 is 0 Å². The van der Waals surface area contributed by atoms with Gasteiger partial charge in [0.25, 0.3) is 0 Å². The maximum Gasteiger partial charge on any atom is 0.225 e. The van der Waals surface area contributed by atoms with Crippen molar-refractivity contribution in [2.24, 2.45) is 5.92 Å². The minimum atomic E-state index is -0.297. The predicted octanol–water partition coefficient (Wildman–Crippen LogP) is 3.24. The number of carbonyl (C=O) groups is 1. The van der Waals surface area contributed by atoms with Crippen LogP contribution in [0.25, 0.3) is 22.2 Å². The van der Waals surface area contributed by atoms with Gasteiger partial charge in [-0.15, -0.1) is 0 Å². The summed E-state index contributed by atoms with van der Waals surface area (Å²) in [7, 11) is 0. The number of nitrogen functional groups attached to an aromatic ring is 2. The van der Waals surface area contributed by atoms with Crippen molar-refractivity contribution in [2.45, 2.75) is 32.4 Å². The first-order valence-electron chi connectivity index (χ1n) is 11.5. The molecule has 2 aromatic carbocycles. The fourth-order valence-corrected chi connectivity index (χ4v) is 4.52. The monoisotopic (exact) mass is 474 g/mol. The van der Waals surface area contributed by atoms with Gasteiger partial charge in [0.15, 0.2) is 5.82 Å². The number of H-pyrrole nitrogens is 1. The normalized spacial score (nSPS) is 18.1. The third kappa shape index (κ3) is 4.72. The van der Waals surface area contributed by atoms with Gasteiger partial charge in [-0.1, -0.05) is 18.2 Å². The van der Waals surface area contributed by atoms with Crippen LogP contribution in [-0.2, 0) is 11.3 Å². The molecule has 2 unspecified atom stereocenters. The van der Waals surface area contributed by atoms with Gasteiger partial charge in [-0.2, -0.15) is 10.1 Å². The number of benzene rings is 2. The van der Waals surface area contributed by atoms with Gasteiger partial charge in [0, 0.05) is 36.1 Å². The summed E-state index contributed by atoms with van der Waals surface area (Å²) in [6.45, 7) is 2.99. The molecule has 2 aromatic heterocycles. The van der Waals surface area contributed by atoms with E-state index in [0.29, 0.717) is 30.4 Å². The molecule has 6 N–H and O–H groups in total. The number of nitrogens with one attached hydrogen (secondary N) is 2. The largest absolute Gasteiger partial charge is 0.382 e. The topological polar surface area (TPSA) is 139 Å². The highest BCUT2D eigenvalue weighted by Gasteiger charge is 2.31. The van der Waals surface area contributed by atoms with Gasteiger partial charge in [-0.3, -0.25) is 9.89 Å². The number of piperidine rings is 1. The molecule has 0 radical (unpaired) electrons. The first-order valence-corrected chi connectivity index (χ1v) is 11.5. The average molecular weight is 475 g/mol. The second-order valence-corrected chi connectivity index (χ2v) is 8.96. The van der Waals surface area contributed by atoms with Gasteiger partial charge < -0.3 is 21.7 Å². The van der Waals surface area contributed by atoms with Crippen LogP contribution in [0.2, 0.25) is 0 Å². The average Bonchev–Trinajstić information content (AvgIpc) is 3.23. The molecule has 1 aliphatic rings. The molecule has 0 aliphatic carbocycles. The van der Waals surface area contributed by atoms with Gasteiger partial charge >= 0.3 is 0 Å². The quantitative estimate of drug-likeness (QED) is 0.348. The van der Waals surface area contributed by atoms with Gasteiger partial charge in [-0.25, -0.2) is 9.37 Å². The number of fused-ring (bicyclic) bond motifs is 1. The number of hydrogen-bond acceptors (Lipinski definition) is 7. The zero-order valence-corrected chi connectivity index (χ0v) is 19.3.